The Morgan fingerprint density at radius 3 is 2.20 bits per heavy atom. The van der Waals surface area contributed by atoms with Crippen LogP contribution in [0, 0.1) is 6.92 Å². The molecule has 0 aromatic heterocycles. The van der Waals surface area contributed by atoms with Crippen molar-refractivity contribution in [1.82, 2.24) is 0 Å². The summed E-state index contributed by atoms with van der Waals surface area (Å²) in [6.07, 6.45) is 5.22. The normalized spacial score (nSPS) is 23.7. The third kappa shape index (κ3) is 3.25. The number of aliphatic carboxylic acids is 1. The topological polar surface area (TPSA) is 46.5 Å². The monoisotopic (exact) mass is 404 g/mol. The van der Waals surface area contributed by atoms with Crippen LogP contribution in [0.1, 0.15) is 80.8 Å². The zero-order valence-corrected chi connectivity index (χ0v) is 18.9. The number of carboxylic acid groups (broad SMARTS) is 1. The number of hydrogen-bond acceptors (Lipinski definition) is 2. The Kier molecular flexibility index (Phi) is 4.65. The lowest BCUT2D eigenvalue weighted by atomic mass is 9.61. The molecule has 1 heterocycles. The number of ether oxygens (including phenoxy) is 1. The molecule has 1 atom stereocenters. The predicted molar refractivity (Wildman–Crippen MR) is 122 cm³/mol. The molecule has 0 saturated heterocycles. The first kappa shape index (κ1) is 20.7. The van der Waals surface area contributed by atoms with E-state index in [0.717, 1.165) is 16.9 Å². The van der Waals surface area contributed by atoms with Crippen molar-refractivity contribution >= 4 is 12.0 Å². The van der Waals surface area contributed by atoms with E-state index in [1.54, 1.807) is 6.08 Å². The molecule has 0 bridgehead atoms. The summed E-state index contributed by atoms with van der Waals surface area (Å²) in [4.78, 5) is 10.9. The summed E-state index contributed by atoms with van der Waals surface area (Å²) in [6.45, 7) is 14.5. The summed E-state index contributed by atoms with van der Waals surface area (Å²) < 4.78 is 6.10. The van der Waals surface area contributed by atoms with Crippen LogP contribution in [0.2, 0.25) is 0 Å². The Hall–Kier alpha value is -2.55. The molecule has 3 heteroatoms. The highest BCUT2D eigenvalue weighted by molar-refractivity contribution is 5.85. The van der Waals surface area contributed by atoms with Crippen LogP contribution in [0.4, 0.5) is 0 Å². The minimum absolute atomic E-state index is 0.151. The molecule has 0 fully saturated rings. The molecule has 0 saturated carbocycles. The first-order chi connectivity index (χ1) is 13.9. The van der Waals surface area contributed by atoms with Gasteiger partial charge in [-0.05, 0) is 83.5 Å². The second-order valence-corrected chi connectivity index (χ2v) is 10.5. The van der Waals surface area contributed by atoms with Gasteiger partial charge >= 0.3 is 5.97 Å². The molecule has 3 nitrogen and oxygen atoms in total. The molecule has 1 aliphatic heterocycles. The summed E-state index contributed by atoms with van der Waals surface area (Å²) in [5.74, 6) is -0.0495. The van der Waals surface area contributed by atoms with Gasteiger partial charge in [-0.25, -0.2) is 4.79 Å². The van der Waals surface area contributed by atoms with Crippen molar-refractivity contribution in [2.75, 3.05) is 6.61 Å². The van der Waals surface area contributed by atoms with Crippen molar-refractivity contribution in [3.8, 4) is 5.75 Å². The van der Waals surface area contributed by atoms with Crippen molar-refractivity contribution in [3.63, 3.8) is 0 Å². The molecular formula is C27H32O3. The van der Waals surface area contributed by atoms with Crippen molar-refractivity contribution in [2.24, 2.45) is 0 Å². The smallest absolute Gasteiger partial charge is 0.328 e. The minimum atomic E-state index is -0.940. The van der Waals surface area contributed by atoms with E-state index in [9.17, 15) is 4.79 Å². The van der Waals surface area contributed by atoms with Gasteiger partial charge in [0.25, 0.3) is 0 Å². The Bertz CT molecular complexity index is 1060. The van der Waals surface area contributed by atoms with Crippen LogP contribution in [-0.2, 0) is 21.0 Å². The molecule has 1 N–H and O–H groups in total. The van der Waals surface area contributed by atoms with E-state index in [2.05, 4.69) is 59.7 Å². The molecule has 158 valence electrons. The number of carbonyl (C=O) groups is 1. The van der Waals surface area contributed by atoms with E-state index in [0.29, 0.717) is 6.61 Å². The van der Waals surface area contributed by atoms with Crippen LogP contribution in [0.5, 0.6) is 5.75 Å². The van der Waals surface area contributed by atoms with E-state index in [-0.39, 0.29) is 16.2 Å². The fourth-order valence-corrected chi connectivity index (χ4v) is 5.22. The molecule has 1 aliphatic carbocycles. The summed E-state index contributed by atoms with van der Waals surface area (Å²) >= 11 is 0. The minimum Gasteiger partial charge on any atom is -0.492 e. The first-order valence-corrected chi connectivity index (χ1v) is 10.8. The maximum absolute atomic E-state index is 10.9. The lowest BCUT2D eigenvalue weighted by Gasteiger charge is -2.43. The van der Waals surface area contributed by atoms with Gasteiger partial charge in [-0.1, -0.05) is 45.9 Å². The van der Waals surface area contributed by atoms with Crippen LogP contribution < -0.4 is 4.74 Å². The number of benzene rings is 2. The zero-order valence-electron chi connectivity index (χ0n) is 18.9. The van der Waals surface area contributed by atoms with Crippen LogP contribution in [0.25, 0.3) is 6.08 Å². The van der Waals surface area contributed by atoms with Crippen LogP contribution in [0.15, 0.2) is 36.4 Å². The Labute approximate surface area is 179 Å². The molecule has 0 radical (unpaired) electrons. The third-order valence-corrected chi connectivity index (χ3v) is 7.33. The maximum Gasteiger partial charge on any atom is 0.328 e. The van der Waals surface area contributed by atoms with Gasteiger partial charge in [0.15, 0.2) is 0 Å². The van der Waals surface area contributed by atoms with Gasteiger partial charge in [0, 0.05) is 11.6 Å². The fourth-order valence-electron chi connectivity index (χ4n) is 5.22. The first-order valence-electron chi connectivity index (χ1n) is 10.8. The second-order valence-electron chi connectivity index (χ2n) is 10.5. The van der Waals surface area contributed by atoms with Gasteiger partial charge in [-0.3, -0.25) is 0 Å². The standard InChI is InChI=1S/C27H32O3/c1-17-13-20-21(26(4,5)12-11-25(20,2)3)15-19(17)27(6)16-30-23-9-7-18(14-22(23)27)8-10-24(28)29/h7-10,13-15H,11-12,16H2,1-6H3,(H,28,29). The number of hydrogen-bond donors (Lipinski definition) is 1. The summed E-state index contributed by atoms with van der Waals surface area (Å²) in [6, 6.07) is 10.8. The van der Waals surface area contributed by atoms with Crippen molar-refractivity contribution < 1.29 is 14.6 Å². The Morgan fingerprint density at radius 1 is 0.933 bits per heavy atom. The fraction of sp³-hybridized carbons (Fsp3) is 0.444. The molecule has 30 heavy (non-hydrogen) atoms. The quantitative estimate of drug-likeness (QED) is 0.625. The Balaban J connectivity index is 1.87. The molecule has 2 aliphatic rings. The van der Waals surface area contributed by atoms with Gasteiger partial charge in [0.2, 0.25) is 0 Å². The number of carboxylic acids is 1. The van der Waals surface area contributed by atoms with E-state index < -0.39 is 5.97 Å². The molecular weight excluding hydrogens is 372 g/mol. The molecule has 2 aromatic rings. The van der Waals surface area contributed by atoms with Gasteiger partial charge in [0.1, 0.15) is 12.4 Å². The SMILES string of the molecule is Cc1cc2c(cc1C1(C)COc3ccc(C=CC(=O)O)cc31)C(C)(C)CCC2(C)C. The second kappa shape index (κ2) is 6.73. The molecule has 4 rings (SSSR count). The molecule has 0 amide bonds. The third-order valence-electron chi connectivity index (χ3n) is 7.33. The van der Waals surface area contributed by atoms with Crippen molar-refractivity contribution in [2.45, 2.75) is 70.6 Å². The Morgan fingerprint density at radius 2 is 1.57 bits per heavy atom. The lowest BCUT2D eigenvalue weighted by molar-refractivity contribution is -0.131. The van der Waals surface area contributed by atoms with Gasteiger partial charge < -0.3 is 9.84 Å². The van der Waals surface area contributed by atoms with Gasteiger partial charge in [-0.2, -0.15) is 0 Å². The van der Waals surface area contributed by atoms with Crippen molar-refractivity contribution in [3.05, 3.63) is 69.8 Å². The van der Waals surface area contributed by atoms with Crippen molar-refractivity contribution in [1.29, 1.82) is 0 Å². The highest BCUT2D eigenvalue weighted by Gasteiger charge is 2.42. The van der Waals surface area contributed by atoms with E-state index >= 15 is 0 Å². The molecule has 0 spiro atoms. The summed E-state index contributed by atoms with van der Waals surface area (Å²) in [7, 11) is 0. The van der Waals surface area contributed by atoms with E-state index in [1.807, 2.05) is 12.1 Å². The average Bonchev–Trinajstić information content (AvgIpc) is 3.01. The van der Waals surface area contributed by atoms with Crippen LogP contribution in [0.3, 0.4) is 0 Å². The lowest BCUT2D eigenvalue weighted by Crippen LogP contribution is -2.35. The summed E-state index contributed by atoms with van der Waals surface area (Å²) in [5.41, 5.74) is 7.62. The molecule has 2 aromatic carbocycles. The van der Waals surface area contributed by atoms with Gasteiger partial charge in [0.05, 0.1) is 5.41 Å². The maximum atomic E-state index is 10.9. The van der Waals surface area contributed by atoms with Gasteiger partial charge in [-0.15, -0.1) is 0 Å². The number of rotatable bonds is 3. The summed E-state index contributed by atoms with van der Waals surface area (Å²) in [5, 5.41) is 8.98. The largest absolute Gasteiger partial charge is 0.492 e. The number of fused-ring (bicyclic) bond motifs is 2. The zero-order chi connectivity index (χ0) is 21.9. The molecule has 1 unspecified atom stereocenters. The number of aryl methyl sites for hydroxylation is 1. The van der Waals surface area contributed by atoms with Crippen LogP contribution in [-0.4, -0.2) is 17.7 Å². The highest BCUT2D eigenvalue weighted by Crippen LogP contribution is 2.50. The van der Waals surface area contributed by atoms with Crippen LogP contribution >= 0.6 is 0 Å². The predicted octanol–water partition coefficient (Wildman–Crippen LogP) is 6.14. The highest BCUT2D eigenvalue weighted by atomic mass is 16.5. The van der Waals surface area contributed by atoms with E-state index in [4.69, 9.17) is 9.84 Å². The average molecular weight is 405 g/mol. The van der Waals surface area contributed by atoms with E-state index in [1.165, 1.54) is 41.2 Å².